The summed E-state index contributed by atoms with van der Waals surface area (Å²) in [6.07, 6.45) is 4.13. The second kappa shape index (κ2) is 7.31. The monoisotopic (exact) mass is 284 g/mol. The van der Waals surface area contributed by atoms with Crippen molar-refractivity contribution in [3.8, 4) is 0 Å². The van der Waals surface area contributed by atoms with E-state index in [4.69, 9.17) is 4.74 Å². The molecule has 2 saturated heterocycles. The van der Waals surface area contributed by atoms with Crippen LogP contribution in [0.2, 0.25) is 0 Å². The number of ether oxygens (including phenoxy) is 1. The van der Waals surface area contributed by atoms with Crippen molar-refractivity contribution in [3.63, 3.8) is 0 Å². The van der Waals surface area contributed by atoms with E-state index >= 15 is 0 Å². The quantitative estimate of drug-likeness (QED) is 0.759. The first-order chi connectivity index (χ1) is 9.20. The van der Waals surface area contributed by atoms with E-state index in [2.05, 4.69) is 16.2 Å². The zero-order chi connectivity index (χ0) is 13.7. The smallest absolute Gasteiger partial charge is 0.247 e. The van der Waals surface area contributed by atoms with Crippen LogP contribution in [0.25, 0.3) is 0 Å². The first-order valence-electron chi connectivity index (χ1n) is 7.17. The van der Waals surface area contributed by atoms with Gasteiger partial charge in [0, 0.05) is 26.3 Å². The van der Waals surface area contributed by atoms with Gasteiger partial charge in [-0.2, -0.15) is 0 Å². The minimum atomic E-state index is 0.0694. The van der Waals surface area contributed by atoms with Gasteiger partial charge in [0.05, 0.1) is 6.04 Å². The van der Waals surface area contributed by atoms with Gasteiger partial charge in [-0.05, 0) is 48.5 Å². The van der Waals surface area contributed by atoms with Gasteiger partial charge < -0.3 is 4.74 Å². The first-order valence-corrected chi connectivity index (χ1v) is 7.98. The maximum absolute atomic E-state index is 12.1. The van der Waals surface area contributed by atoms with Crippen LogP contribution in [0.5, 0.6) is 0 Å². The molecule has 0 aromatic heterocycles. The third-order valence-corrected chi connectivity index (χ3v) is 4.84. The van der Waals surface area contributed by atoms with E-state index in [9.17, 15) is 4.79 Å². The average Bonchev–Trinajstić information content (AvgIpc) is 2.42. The Bertz CT molecular complexity index is 329. The van der Waals surface area contributed by atoms with Gasteiger partial charge in [0.1, 0.15) is 0 Å². The van der Waals surface area contributed by atoms with Gasteiger partial charge in [0.2, 0.25) is 5.91 Å². The van der Waals surface area contributed by atoms with Crippen LogP contribution in [0.4, 0.5) is 0 Å². The molecule has 2 rings (SSSR count). The largest absolute Gasteiger partial charge is 0.381 e. The maximum Gasteiger partial charge on any atom is 0.247 e. The molecule has 2 aliphatic heterocycles. The molecule has 0 unspecified atom stereocenters. The molecule has 4 nitrogen and oxygen atoms in total. The summed E-state index contributed by atoms with van der Waals surface area (Å²) >= 11 is 1.37. The van der Waals surface area contributed by atoms with Gasteiger partial charge in [0.15, 0.2) is 0 Å². The molecule has 1 N–H and O–H groups in total. The Morgan fingerprint density at radius 1 is 1.42 bits per heavy atom. The average molecular weight is 284 g/mol. The summed E-state index contributed by atoms with van der Waals surface area (Å²) in [6, 6.07) is 0.0694. The van der Waals surface area contributed by atoms with Crippen LogP contribution in [0.1, 0.15) is 32.6 Å². The van der Waals surface area contributed by atoms with Crippen LogP contribution in [0, 0.1) is 5.92 Å². The highest BCUT2D eigenvalue weighted by atomic mass is 32.2. The standard InChI is InChI=1S/C14H24N2O2S/c1-3-11(2)19-15-14(17)13-4-7-16(13)10-12-5-8-18-9-6-12/h12-13H,2-10H2,1H3,(H,15,17)/t13-/m0/s1. The van der Waals surface area contributed by atoms with E-state index in [1.165, 1.54) is 11.9 Å². The van der Waals surface area contributed by atoms with Crippen LogP contribution in [-0.4, -0.2) is 43.2 Å². The van der Waals surface area contributed by atoms with Gasteiger partial charge in [-0.15, -0.1) is 0 Å². The molecule has 1 amide bonds. The molecule has 0 saturated carbocycles. The molecule has 1 atom stereocenters. The highest BCUT2D eigenvalue weighted by Crippen LogP contribution is 2.24. The molecule has 0 aromatic rings. The number of nitrogens with one attached hydrogen (secondary N) is 1. The number of allylic oxidation sites excluding steroid dienone is 1. The number of hydrogen-bond donors (Lipinski definition) is 1. The van der Waals surface area contributed by atoms with E-state index in [0.29, 0.717) is 5.92 Å². The predicted molar refractivity (Wildman–Crippen MR) is 78.7 cm³/mol. The summed E-state index contributed by atoms with van der Waals surface area (Å²) in [5.41, 5.74) is 0. The Morgan fingerprint density at radius 2 is 2.16 bits per heavy atom. The first kappa shape index (κ1) is 14.9. The second-order valence-corrected chi connectivity index (χ2v) is 6.30. The summed E-state index contributed by atoms with van der Waals surface area (Å²) in [5.74, 6) is 0.834. The topological polar surface area (TPSA) is 41.6 Å². The van der Waals surface area contributed by atoms with E-state index < -0.39 is 0 Å². The SMILES string of the molecule is C=C(CC)SNC(=O)[C@@H]1CCN1CC1CCOCC1. The molecule has 0 bridgehead atoms. The van der Waals surface area contributed by atoms with Gasteiger partial charge in [-0.1, -0.05) is 13.5 Å². The number of carbonyl (C=O) groups is 1. The van der Waals surface area contributed by atoms with Crippen molar-refractivity contribution in [3.05, 3.63) is 11.5 Å². The molecular weight excluding hydrogens is 260 g/mol. The Labute approximate surface area is 120 Å². The molecule has 2 heterocycles. The Morgan fingerprint density at radius 3 is 2.74 bits per heavy atom. The van der Waals surface area contributed by atoms with Crippen LogP contribution in [0.15, 0.2) is 11.5 Å². The fraction of sp³-hybridized carbons (Fsp3) is 0.786. The fourth-order valence-electron chi connectivity index (χ4n) is 2.48. The Balaban J connectivity index is 1.71. The lowest BCUT2D eigenvalue weighted by Crippen LogP contribution is -2.56. The molecular formula is C14H24N2O2S. The van der Waals surface area contributed by atoms with Crippen molar-refractivity contribution in [1.29, 1.82) is 0 Å². The van der Waals surface area contributed by atoms with Gasteiger partial charge in [0.25, 0.3) is 0 Å². The fourth-order valence-corrected chi connectivity index (χ4v) is 3.00. The minimum absolute atomic E-state index is 0.0694. The molecule has 108 valence electrons. The van der Waals surface area contributed by atoms with Crippen molar-refractivity contribution in [2.24, 2.45) is 5.92 Å². The summed E-state index contributed by atoms with van der Waals surface area (Å²) in [7, 11) is 0. The number of carbonyl (C=O) groups excluding carboxylic acids is 1. The summed E-state index contributed by atoms with van der Waals surface area (Å²) in [5, 5.41) is 0. The third-order valence-electron chi connectivity index (χ3n) is 3.96. The number of hydrogen-bond acceptors (Lipinski definition) is 4. The van der Waals surface area contributed by atoms with Crippen LogP contribution in [0.3, 0.4) is 0 Å². The van der Waals surface area contributed by atoms with E-state index in [-0.39, 0.29) is 11.9 Å². The van der Waals surface area contributed by atoms with E-state index in [1.807, 2.05) is 6.92 Å². The number of nitrogens with zero attached hydrogens (tertiary/aromatic N) is 1. The van der Waals surface area contributed by atoms with Crippen molar-refractivity contribution >= 4 is 17.9 Å². The normalized spacial score (nSPS) is 24.8. The van der Waals surface area contributed by atoms with Gasteiger partial charge in [-0.3, -0.25) is 14.4 Å². The summed E-state index contributed by atoms with van der Waals surface area (Å²) in [6.45, 7) is 9.77. The zero-order valence-electron chi connectivity index (χ0n) is 11.7. The third kappa shape index (κ3) is 4.23. The van der Waals surface area contributed by atoms with Crippen molar-refractivity contribution in [2.45, 2.75) is 38.6 Å². The zero-order valence-corrected chi connectivity index (χ0v) is 12.5. The Hall–Kier alpha value is -0.520. The van der Waals surface area contributed by atoms with E-state index in [1.54, 1.807) is 0 Å². The minimum Gasteiger partial charge on any atom is -0.381 e. The van der Waals surface area contributed by atoms with Crippen LogP contribution >= 0.6 is 11.9 Å². The molecule has 5 heteroatoms. The highest BCUT2D eigenvalue weighted by molar-refractivity contribution is 8.01. The van der Waals surface area contributed by atoms with Gasteiger partial charge >= 0.3 is 0 Å². The summed E-state index contributed by atoms with van der Waals surface area (Å²) < 4.78 is 8.29. The molecule has 0 aliphatic carbocycles. The number of likely N-dealkylation sites (tertiary alicyclic amines) is 1. The molecule has 2 aliphatic rings. The highest BCUT2D eigenvalue weighted by Gasteiger charge is 2.35. The predicted octanol–water partition coefficient (Wildman–Crippen LogP) is 2.18. The number of amides is 1. The van der Waals surface area contributed by atoms with Crippen LogP contribution in [-0.2, 0) is 9.53 Å². The van der Waals surface area contributed by atoms with Crippen molar-refractivity contribution in [2.75, 3.05) is 26.3 Å². The lowest BCUT2D eigenvalue weighted by atomic mass is 9.95. The molecule has 0 radical (unpaired) electrons. The lowest BCUT2D eigenvalue weighted by molar-refractivity contribution is -0.129. The van der Waals surface area contributed by atoms with Gasteiger partial charge in [-0.25, -0.2) is 0 Å². The molecule has 0 aromatic carbocycles. The molecule has 19 heavy (non-hydrogen) atoms. The Kier molecular flexibility index (Phi) is 5.73. The van der Waals surface area contributed by atoms with Crippen molar-refractivity contribution < 1.29 is 9.53 Å². The molecule has 2 fully saturated rings. The lowest BCUT2D eigenvalue weighted by Gasteiger charge is -2.42. The van der Waals surface area contributed by atoms with E-state index in [0.717, 1.165) is 56.9 Å². The van der Waals surface area contributed by atoms with Crippen LogP contribution < -0.4 is 4.72 Å². The second-order valence-electron chi connectivity index (χ2n) is 5.32. The van der Waals surface area contributed by atoms with Crippen molar-refractivity contribution in [1.82, 2.24) is 9.62 Å². The maximum atomic E-state index is 12.1. The number of rotatable bonds is 6. The summed E-state index contributed by atoms with van der Waals surface area (Å²) in [4.78, 5) is 15.4. The molecule has 0 spiro atoms.